The molecule has 4 nitrogen and oxygen atoms in total. The number of thiophene rings is 1. The second-order valence-electron chi connectivity index (χ2n) is 5.42. The molecule has 25 heavy (non-hydrogen) atoms. The van der Waals surface area contributed by atoms with Crippen molar-refractivity contribution < 1.29 is 0 Å². The van der Waals surface area contributed by atoms with Crippen LogP contribution in [-0.2, 0) is 12.3 Å². The first kappa shape index (κ1) is 16.6. The fourth-order valence-electron chi connectivity index (χ4n) is 2.72. The lowest BCUT2D eigenvalue weighted by molar-refractivity contribution is 0.688. The topological polar surface area (TPSA) is 43.6 Å². The summed E-state index contributed by atoms with van der Waals surface area (Å²) in [6.07, 6.45) is 1.80. The quantitative estimate of drug-likeness (QED) is 0.423. The number of rotatable bonds is 5. The molecule has 3 aromatic heterocycles. The number of thioether (sulfide) groups is 1. The molecule has 1 aromatic carbocycles. The van der Waals surface area contributed by atoms with Crippen molar-refractivity contribution in [2.75, 3.05) is 0 Å². The van der Waals surface area contributed by atoms with Crippen molar-refractivity contribution in [1.82, 2.24) is 19.7 Å². The van der Waals surface area contributed by atoms with Gasteiger partial charge in [0, 0.05) is 28.9 Å². The lowest BCUT2D eigenvalue weighted by atomic mass is 10.1. The molecular weight excluding hydrogens is 372 g/mol. The Morgan fingerprint density at radius 2 is 2.08 bits per heavy atom. The smallest absolute Gasteiger partial charge is 0.191 e. The van der Waals surface area contributed by atoms with Gasteiger partial charge in [-0.15, -0.1) is 21.5 Å². The van der Waals surface area contributed by atoms with E-state index in [0.717, 1.165) is 49.6 Å². The van der Waals surface area contributed by atoms with E-state index in [0.29, 0.717) is 0 Å². The zero-order valence-corrected chi connectivity index (χ0v) is 15.9. The summed E-state index contributed by atoms with van der Waals surface area (Å²) >= 11 is 9.64. The predicted octanol–water partition coefficient (Wildman–Crippen LogP) is 5.52. The molecule has 0 aliphatic heterocycles. The molecule has 0 radical (unpaired) electrons. The van der Waals surface area contributed by atoms with Gasteiger partial charge in [0.05, 0.1) is 10.4 Å². The SMILES string of the molecule is CCn1c(SCc2ccc(Cl)c3cccnc23)nnc1-c1cccs1. The van der Waals surface area contributed by atoms with Gasteiger partial charge in [-0.25, -0.2) is 0 Å². The van der Waals surface area contributed by atoms with Crippen LogP contribution in [0.1, 0.15) is 12.5 Å². The molecule has 4 aromatic rings. The maximum Gasteiger partial charge on any atom is 0.191 e. The third-order valence-electron chi connectivity index (χ3n) is 3.93. The molecule has 0 N–H and O–H groups in total. The van der Waals surface area contributed by atoms with Crippen LogP contribution in [0.2, 0.25) is 5.02 Å². The van der Waals surface area contributed by atoms with Crippen LogP contribution in [0.3, 0.4) is 0 Å². The van der Waals surface area contributed by atoms with Crippen molar-refractivity contribution in [1.29, 1.82) is 0 Å². The van der Waals surface area contributed by atoms with Crippen LogP contribution in [0, 0.1) is 0 Å². The van der Waals surface area contributed by atoms with Gasteiger partial charge in [-0.05, 0) is 42.1 Å². The molecule has 0 atom stereocenters. The highest BCUT2D eigenvalue weighted by molar-refractivity contribution is 7.98. The molecule has 4 rings (SSSR count). The van der Waals surface area contributed by atoms with Crippen LogP contribution >= 0.6 is 34.7 Å². The van der Waals surface area contributed by atoms with E-state index in [1.54, 1.807) is 29.3 Å². The summed E-state index contributed by atoms with van der Waals surface area (Å²) in [4.78, 5) is 5.64. The first-order valence-corrected chi connectivity index (χ1v) is 10.1. The molecule has 0 fully saturated rings. The molecule has 126 valence electrons. The van der Waals surface area contributed by atoms with Gasteiger partial charge in [0.1, 0.15) is 0 Å². The average molecular weight is 387 g/mol. The minimum atomic E-state index is 0.730. The Labute approximate surface area is 158 Å². The lowest BCUT2D eigenvalue weighted by Gasteiger charge is -2.08. The number of hydrogen-bond donors (Lipinski definition) is 0. The monoisotopic (exact) mass is 386 g/mol. The maximum atomic E-state index is 6.28. The zero-order chi connectivity index (χ0) is 17.2. The number of hydrogen-bond acceptors (Lipinski definition) is 5. The Hall–Kier alpha value is -1.89. The van der Waals surface area contributed by atoms with Crippen LogP contribution in [-0.4, -0.2) is 19.7 Å². The first-order valence-electron chi connectivity index (χ1n) is 7.90. The molecule has 0 spiro atoms. The molecule has 3 heterocycles. The summed E-state index contributed by atoms with van der Waals surface area (Å²) in [5.41, 5.74) is 2.09. The highest BCUT2D eigenvalue weighted by atomic mass is 35.5. The minimum absolute atomic E-state index is 0.730. The summed E-state index contributed by atoms with van der Waals surface area (Å²) < 4.78 is 2.15. The van der Waals surface area contributed by atoms with Crippen LogP contribution in [0.15, 0.2) is 53.1 Å². The Kier molecular flexibility index (Phi) is 4.74. The number of nitrogens with zero attached hydrogens (tertiary/aromatic N) is 4. The number of benzene rings is 1. The van der Waals surface area contributed by atoms with Gasteiger partial charge in [0.15, 0.2) is 11.0 Å². The van der Waals surface area contributed by atoms with Gasteiger partial charge in [0.2, 0.25) is 0 Å². The summed E-state index contributed by atoms with van der Waals surface area (Å²) in [5, 5.41) is 13.5. The average Bonchev–Trinajstić information content (AvgIpc) is 3.30. The summed E-state index contributed by atoms with van der Waals surface area (Å²) in [7, 11) is 0. The van der Waals surface area contributed by atoms with Gasteiger partial charge >= 0.3 is 0 Å². The molecule has 0 saturated carbocycles. The number of halogens is 1. The van der Waals surface area contributed by atoms with Gasteiger partial charge < -0.3 is 4.57 Å². The van der Waals surface area contributed by atoms with E-state index in [9.17, 15) is 0 Å². The molecule has 0 unspecified atom stereocenters. The van der Waals surface area contributed by atoms with Crippen molar-refractivity contribution in [2.45, 2.75) is 24.4 Å². The fourth-order valence-corrected chi connectivity index (χ4v) is 4.64. The summed E-state index contributed by atoms with van der Waals surface area (Å²) in [6, 6.07) is 12.0. The van der Waals surface area contributed by atoms with Gasteiger partial charge in [-0.1, -0.05) is 35.5 Å². The van der Waals surface area contributed by atoms with Crippen LogP contribution in [0.25, 0.3) is 21.6 Å². The van der Waals surface area contributed by atoms with Crippen molar-refractivity contribution in [2.24, 2.45) is 0 Å². The van der Waals surface area contributed by atoms with Crippen LogP contribution in [0.4, 0.5) is 0 Å². The van der Waals surface area contributed by atoms with Crippen molar-refractivity contribution in [3.8, 4) is 10.7 Å². The summed E-state index contributed by atoms with van der Waals surface area (Å²) in [5.74, 6) is 1.70. The Morgan fingerprint density at radius 1 is 1.16 bits per heavy atom. The predicted molar refractivity (Wildman–Crippen MR) is 105 cm³/mol. The number of aromatic nitrogens is 4. The normalized spacial score (nSPS) is 11.3. The van der Waals surface area contributed by atoms with E-state index in [2.05, 4.69) is 38.1 Å². The number of pyridine rings is 1. The largest absolute Gasteiger partial charge is 0.302 e. The van der Waals surface area contributed by atoms with E-state index < -0.39 is 0 Å². The third kappa shape index (κ3) is 3.17. The third-order valence-corrected chi connectivity index (χ3v) is 6.14. The van der Waals surface area contributed by atoms with Crippen molar-refractivity contribution in [3.05, 3.63) is 58.6 Å². The molecule has 0 saturated heterocycles. The highest BCUT2D eigenvalue weighted by Crippen LogP contribution is 2.31. The maximum absolute atomic E-state index is 6.28. The van der Waals surface area contributed by atoms with E-state index >= 15 is 0 Å². The minimum Gasteiger partial charge on any atom is -0.302 e. The molecular formula is C18H15ClN4S2. The Morgan fingerprint density at radius 3 is 2.88 bits per heavy atom. The van der Waals surface area contributed by atoms with Gasteiger partial charge in [0.25, 0.3) is 0 Å². The van der Waals surface area contributed by atoms with E-state index in [1.807, 2.05) is 30.3 Å². The highest BCUT2D eigenvalue weighted by Gasteiger charge is 2.15. The molecule has 0 bridgehead atoms. The lowest BCUT2D eigenvalue weighted by Crippen LogP contribution is -1.99. The van der Waals surface area contributed by atoms with E-state index in [1.165, 1.54) is 0 Å². The Bertz CT molecular complexity index is 1010. The van der Waals surface area contributed by atoms with Crippen LogP contribution < -0.4 is 0 Å². The molecule has 0 amide bonds. The first-order chi connectivity index (χ1) is 12.3. The zero-order valence-electron chi connectivity index (χ0n) is 13.5. The fraction of sp³-hybridized carbons (Fsp3) is 0.167. The molecule has 7 heteroatoms. The standard InChI is InChI=1S/C18H15ClN4S2/c1-2-23-17(15-6-4-10-24-15)21-22-18(23)25-11-12-7-8-14(19)13-5-3-9-20-16(12)13/h3-10H,2,11H2,1H3. The summed E-state index contributed by atoms with van der Waals surface area (Å²) in [6.45, 7) is 2.95. The molecule has 0 aliphatic carbocycles. The molecule has 0 aliphatic rings. The van der Waals surface area contributed by atoms with Crippen molar-refractivity contribution >= 4 is 45.6 Å². The second-order valence-corrected chi connectivity index (χ2v) is 7.72. The van der Waals surface area contributed by atoms with Crippen LogP contribution in [0.5, 0.6) is 0 Å². The second kappa shape index (κ2) is 7.15. The van der Waals surface area contributed by atoms with E-state index in [4.69, 9.17) is 11.6 Å². The number of fused-ring (bicyclic) bond motifs is 1. The van der Waals surface area contributed by atoms with E-state index in [-0.39, 0.29) is 0 Å². The van der Waals surface area contributed by atoms with Gasteiger partial charge in [-0.2, -0.15) is 0 Å². The van der Waals surface area contributed by atoms with Crippen molar-refractivity contribution in [3.63, 3.8) is 0 Å². The van der Waals surface area contributed by atoms with Gasteiger partial charge in [-0.3, -0.25) is 4.98 Å². The Balaban J connectivity index is 1.64.